The third kappa shape index (κ3) is 5.82. The third-order valence-corrected chi connectivity index (χ3v) is 11.3. The Balaban J connectivity index is 1.24. The molecule has 5 heteroatoms. The maximum atomic E-state index is 5.02. The van der Waals surface area contributed by atoms with E-state index in [1.54, 1.807) is 0 Å². The van der Waals surface area contributed by atoms with E-state index in [0.717, 1.165) is 40.6 Å². The van der Waals surface area contributed by atoms with Crippen molar-refractivity contribution in [1.29, 1.82) is 0 Å². The quantitative estimate of drug-likeness (QED) is 0.171. The zero-order valence-corrected chi connectivity index (χ0v) is 32.8. The molecule has 0 atom stereocenters. The average Bonchev–Trinajstić information content (AvgIpc) is 3.73. The standard InChI is InChI=1S/C50H47N5/c1-33-15-12-16-34(2)48(33)37-27-28-51-47(29-37)55-43-22-9-8-21-41(43)42-26-25-40(31-46(42)55)54(49-35(3)17-13-18-36(49)4)39-20-14-19-38(30-39)52-32-53(50(5,6)7)45-24-11-10-23-44(45)52/h8-31H,32H2,1-7H3. The molecule has 5 nitrogen and oxygen atoms in total. The Hall–Kier alpha value is -6.33. The minimum Gasteiger partial charge on any atom is -0.347 e. The lowest BCUT2D eigenvalue weighted by atomic mass is 9.96. The molecule has 0 saturated heterocycles. The normalized spacial score (nSPS) is 12.9. The van der Waals surface area contributed by atoms with Crippen molar-refractivity contribution in [1.82, 2.24) is 9.55 Å². The van der Waals surface area contributed by atoms with Crippen molar-refractivity contribution in [2.24, 2.45) is 0 Å². The number of hydrogen-bond acceptors (Lipinski definition) is 4. The second-order valence-electron chi connectivity index (χ2n) is 16.0. The number of fused-ring (bicyclic) bond motifs is 4. The molecule has 8 aromatic rings. The Morgan fingerprint density at radius 1 is 0.564 bits per heavy atom. The predicted molar refractivity (Wildman–Crippen MR) is 233 cm³/mol. The fraction of sp³-hybridized carbons (Fsp3) is 0.180. The molecule has 0 bridgehead atoms. The highest BCUT2D eigenvalue weighted by molar-refractivity contribution is 6.10. The van der Waals surface area contributed by atoms with Crippen molar-refractivity contribution in [2.45, 2.75) is 54.0 Å². The summed E-state index contributed by atoms with van der Waals surface area (Å²) in [5, 5.41) is 2.41. The van der Waals surface area contributed by atoms with E-state index < -0.39 is 0 Å². The first-order valence-corrected chi connectivity index (χ1v) is 19.3. The monoisotopic (exact) mass is 717 g/mol. The first kappa shape index (κ1) is 34.4. The number of para-hydroxylation sites is 4. The van der Waals surface area contributed by atoms with Crippen LogP contribution in [0.5, 0.6) is 0 Å². The van der Waals surface area contributed by atoms with E-state index >= 15 is 0 Å². The molecule has 55 heavy (non-hydrogen) atoms. The van der Waals surface area contributed by atoms with Crippen LogP contribution in [-0.2, 0) is 0 Å². The lowest BCUT2D eigenvalue weighted by molar-refractivity contribution is 0.518. The lowest BCUT2D eigenvalue weighted by Crippen LogP contribution is -2.42. The molecule has 2 aromatic heterocycles. The van der Waals surface area contributed by atoms with Crippen LogP contribution in [0.25, 0.3) is 38.8 Å². The van der Waals surface area contributed by atoms with Crippen LogP contribution >= 0.6 is 0 Å². The summed E-state index contributed by atoms with van der Waals surface area (Å²) in [6, 6.07) is 50.9. The SMILES string of the molecule is Cc1cccc(C)c1-c1ccnc(-n2c3ccccc3c3ccc(N(c4cccc(N5CN(C(C)(C)C)c6ccccc65)c4)c4c(C)cccc4C)cc32)c1. The minimum absolute atomic E-state index is 0.0201. The molecule has 0 radical (unpaired) electrons. The van der Waals surface area contributed by atoms with E-state index in [1.807, 2.05) is 6.20 Å². The Labute approximate surface area is 324 Å². The Morgan fingerprint density at radius 2 is 1.20 bits per heavy atom. The molecule has 0 aliphatic carbocycles. The van der Waals surface area contributed by atoms with Gasteiger partial charge < -0.3 is 14.7 Å². The van der Waals surface area contributed by atoms with Gasteiger partial charge in [0, 0.05) is 39.6 Å². The van der Waals surface area contributed by atoms with Crippen molar-refractivity contribution < 1.29 is 0 Å². The molecular formula is C50H47N5. The van der Waals surface area contributed by atoms with Gasteiger partial charge in [0.05, 0.1) is 34.8 Å². The van der Waals surface area contributed by atoms with Crippen LogP contribution in [-0.4, -0.2) is 21.8 Å². The summed E-state index contributed by atoms with van der Waals surface area (Å²) in [5.74, 6) is 0.903. The molecule has 9 rings (SSSR count). The van der Waals surface area contributed by atoms with Gasteiger partial charge in [-0.3, -0.25) is 4.57 Å². The summed E-state index contributed by atoms with van der Waals surface area (Å²) >= 11 is 0. The number of nitrogens with zero attached hydrogens (tertiary/aromatic N) is 5. The van der Waals surface area contributed by atoms with E-state index in [2.05, 4.69) is 207 Å². The topological polar surface area (TPSA) is 27.5 Å². The fourth-order valence-corrected chi connectivity index (χ4v) is 8.69. The Bertz CT molecular complexity index is 2710. The largest absolute Gasteiger partial charge is 0.347 e. The summed E-state index contributed by atoms with van der Waals surface area (Å²) in [7, 11) is 0. The van der Waals surface area contributed by atoms with Gasteiger partial charge in [-0.1, -0.05) is 78.9 Å². The zero-order valence-electron chi connectivity index (χ0n) is 32.8. The molecule has 272 valence electrons. The second kappa shape index (κ2) is 13.2. The van der Waals surface area contributed by atoms with Crippen LogP contribution in [0, 0.1) is 27.7 Å². The smallest absolute Gasteiger partial charge is 0.138 e. The van der Waals surface area contributed by atoms with E-state index in [-0.39, 0.29) is 5.54 Å². The van der Waals surface area contributed by atoms with Gasteiger partial charge in [0.1, 0.15) is 5.82 Å². The van der Waals surface area contributed by atoms with Gasteiger partial charge in [-0.05, 0) is 143 Å². The second-order valence-corrected chi connectivity index (χ2v) is 16.0. The number of pyridine rings is 1. The van der Waals surface area contributed by atoms with Crippen LogP contribution in [0.2, 0.25) is 0 Å². The third-order valence-electron chi connectivity index (χ3n) is 11.3. The van der Waals surface area contributed by atoms with Crippen molar-refractivity contribution in [2.75, 3.05) is 21.4 Å². The molecule has 0 saturated carbocycles. The van der Waals surface area contributed by atoms with Crippen molar-refractivity contribution >= 4 is 55.9 Å². The van der Waals surface area contributed by atoms with E-state index in [0.29, 0.717) is 0 Å². The number of anilines is 6. The summed E-state index contributed by atoms with van der Waals surface area (Å²) in [6.07, 6.45) is 1.95. The van der Waals surface area contributed by atoms with Gasteiger partial charge in [0.15, 0.2) is 0 Å². The maximum Gasteiger partial charge on any atom is 0.138 e. The van der Waals surface area contributed by atoms with Crippen LogP contribution in [0.15, 0.2) is 146 Å². The van der Waals surface area contributed by atoms with E-state index in [9.17, 15) is 0 Å². The van der Waals surface area contributed by atoms with Crippen molar-refractivity contribution in [3.05, 3.63) is 168 Å². The van der Waals surface area contributed by atoms with Gasteiger partial charge in [-0.25, -0.2) is 4.98 Å². The number of hydrogen-bond donors (Lipinski definition) is 0. The minimum atomic E-state index is -0.0201. The lowest BCUT2D eigenvalue weighted by Gasteiger charge is -2.34. The van der Waals surface area contributed by atoms with Gasteiger partial charge >= 0.3 is 0 Å². The molecule has 1 aliphatic heterocycles. The first-order chi connectivity index (χ1) is 26.6. The molecule has 6 aromatic carbocycles. The molecule has 0 N–H and O–H groups in total. The summed E-state index contributed by atoms with van der Waals surface area (Å²) in [4.78, 5) is 12.4. The first-order valence-electron chi connectivity index (χ1n) is 19.3. The van der Waals surface area contributed by atoms with Gasteiger partial charge in [-0.15, -0.1) is 0 Å². The van der Waals surface area contributed by atoms with Crippen LogP contribution < -0.4 is 14.7 Å². The number of aromatic nitrogens is 2. The van der Waals surface area contributed by atoms with Crippen molar-refractivity contribution in [3.8, 4) is 16.9 Å². The summed E-state index contributed by atoms with van der Waals surface area (Å²) in [5.41, 5.74) is 16.7. The molecular weight excluding hydrogens is 671 g/mol. The van der Waals surface area contributed by atoms with E-state index in [4.69, 9.17) is 4.98 Å². The summed E-state index contributed by atoms with van der Waals surface area (Å²) in [6.45, 7) is 16.5. The summed E-state index contributed by atoms with van der Waals surface area (Å²) < 4.78 is 2.34. The number of rotatable bonds is 6. The highest BCUT2D eigenvalue weighted by Crippen LogP contribution is 2.47. The van der Waals surface area contributed by atoms with Gasteiger partial charge in [-0.2, -0.15) is 0 Å². The number of aryl methyl sites for hydroxylation is 4. The molecule has 0 fully saturated rings. The van der Waals surface area contributed by atoms with Gasteiger partial charge in [0.25, 0.3) is 0 Å². The van der Waals surface area contributed by atoms with Crippen LogP contribution in [0.4, 0.5) is 34.1 Å². The van der Waals surface area contributed by atoms with Crippen molar-refractivity contribution in [3.63, 3.8) is 0 Å². The molecule has 0 amide bonds. The molecule has 0 spiro atoms. The van der Waals surface area contributed by atoms with E-state index in [1.165, 1.54) is 61.2 Å². The predicted octanol–water partition coefficient (Wildman–Crippen LogP) is 13.3. The fourth-order valence-electron chi connectivity index (χ4n) is 8.69. The molecule has 0 unspecified atom stereocenters. The van der Waals surface area contributed by atoms with Gasteiger partial charge in [0.2, 0.25) is 0 Å². The molecule has 3 heterocycles. The highest BCUT2D eigenvalue weighted by atomic mass is 15.4. The molecule has 1 aliphatic rings. The van der Waals surface area contributed by atoms with Crippen LogP contribution in [0.1, 0.15) is 43.0 Å². The van der Waals surface area contributed by atoms with Crippen LogP contribution in [0.3, 0.4) is 0 Å². The maximum absolute atomic E-state index is 5.02. The average molecular weight is 718 g/mol. The highest BCUT2D eigenvalue weighted by Gasteiger charge is 2.33. The Morgan fingerprint density at radius 3 is 1.95 bits per heavy atom. The zero-order chi connectivity index (χ0) is 38.0. The number of benzene rings is 6. The Kier molecular flexibility index (Phi) is 8.27.